The predicted octanol–water partition coefficient (Wildman–Crippen LogP) is 1.93. The van der Waals surface area contributed by atoms with Crippen LogP contribution < -0.4 is 0 Å². The Kier molecular flexibility index (Phi) is 5.45. The highest BCUT2D eigenvalue weighted by Gasteiger charge is 2.15. The minimum absolute atomic E-state index is 0.185. The van der Waals surface area contributed by atoms with Crippen molar-refractivity contribution in [3.8, 4) is 0 Å². The molecular formula is C6H12Cl2O2. The van der Waals surface area contributed by atoms with Crippen molar-refractivity contribution in [2.75, 3.05) is 13.2 Å². The van der Waals surface area contributed by atoms with E-state index in [-0.39, 0.29) is 6.61 Å². The summed E-state index contributed by atoms with van der Waals surface area (Å²) in [5.74, 6) is 0. The fourth-order valence-corrected chi connectivity index (χ4v) is 0.620. The first-order valence-corrected chi connectivity index (χ1v) is 3.94. The normalized spacial score (nSPS) is 12.0. The third-order valence-corrected chi connectivity index (χ3v) is 1.13. The fraction of sp³-hybridized carbons (Fsp3) is 1.00. The molecular weight excluding hydrogens is 175 g/mol. The Bertz CT molecular complexity index is 80.3. The van der Waals surface area contributed by atoms with E-state index in [9.17, 15) is 0 Å². The van der Waals surface area contributed by atoms with Crippen molar-refractivity contribution in [3.63, 3.8) is 0 Å². The number of hydrogen-bond acceptors (Lipinski definition) is 2. The molecule has 0 spiro atoms. The molecule has 0 saturated heterocycles. The van der Waals surface area contributed by atoms with Crippen LogP contribution in [-0.2, 0) is 4.74 Å². The maximum absolute atomic E-state index is 8.37. The largest absolute Gasteiger partial charge is 0.396 e. The lowest BCUT2D eigenvalue weighted by atomic mass is 10.3. The highest BCUT2D eigenvalue weighted by atomic mass is 35.5. The molecule has 4 heteroatoms. The van der Waals surface area contributed by atoms with Gasteiger partial charge >= 0.3 is 0 Å². The Morgan fingerprint density at radius 2 is 2.00 bits per heavy atom. The number of rotatable bonds is 5. The first kappa shape index (κ1) is 10.5. The van der Waals surface area contributed by atoms with Gasteiger partial charge in [0.05, 0.1) is 6.61 Å². The van der Waals surface area contributed by atoms with Crippen LogP contribution in [0.2, 0.25) is 0 Å². The van der Waals surface area contributed by atoms with Crippen LogP contribution in [0.4, 0.5) is 0 Å². The average molecular weight is 187 g/mol. The molecule has 10 heavy (non-hydrogen) atoms. The van der Waals surface area contributed by atoms with Gasteiger partial charge in [0.25, 0.3) is 0 Å². The molecule has 62 valence electrons. The summed E-state index contributed by atoms with van der Waals surface area (Å²) in [6.45, 7) is 2.24. The van der Waals surface area contributed by atoms with Gasteiger partial charge in [-0.3, -0.25) is 0 Å². The molecule has 0 aromatic heterocycles. The third-order valence-electron chi connectivity index (χ3n) is 0.908. The van der Waals surface area contributed by atoms with Gasteiger partial charge in [0.2, 0.25) is 4.52 Å². The summed E-state index contributed by atoms with van der Waals surface area (Å²) in [6, 6.07) is 0. The summed E-state index contributed by atoms with van der Waals surface area (Å²) in [5.41, 5.74) is 0. The Hall–Kier alpha value is 0.500. The van der Waals surface area contributed by atoms with Crippen LogP contribution >= 0.6 is 23.2 Å². The lowest BCUT2D eigenvalue weighted by molar-refractivity contribution is 0.0842. The molecule has 0 aromatic carbocycles. The molecule has 0 amide bonds. The van der Waals surface area contributed by atoms with Crippen LogP contribution in [0.25, 0.3) is 0 Å². The van der Waals surface area contributed by atoms with Crippen LogP contribution in [0.3, 0.4) is 0 Å². The van der Waals surface area contributed by atoms with Gasteiger partial charge in [-0.1, -0.05) is 23.2 Å². The Morgan fingerprint density at radius 3 is 2.40 bits per heavy atom. The van der Waals surface area contributed by atoms with Crippen LogP contribution in [-0.4, -0.2) is 22.8 Å². The first-order valence-electron chi connectivity index (χ1n) is 3.19. The third kappa shape index (κ3) is 8.50. The number of unbranched alkanes of at least 4 members (excludes halogenated alkanes) is 1. The zero-order valence-electron chi connectivity index (χ0n) is 5.94. The van der Waals surface area contributed by atoms with Crippen molar-refractivity contribution in [3.05, 3.63) is 0 Å². The molecule has 0 fully saturated rings. The quantitative estimate of drug-likeness (QED) is 0.526. The number of halogens is 2. The minimum atomic E-state index is -1.09. The van der Waals surface area contributed by atoms with Crippen molar-refractivity contribution in [2.45, 2.75) is 24.3 Å². The Balaban J connectivity index is 3.04. The first-order chi connectivity index (χ1) is 4.56. The van der Waals surface area contributed by atoms with E-state index in [1.165, 1.54) is 0 Å². The van der Waals surface area contributed by atoms with Crippen LogP contribution in [0.15, 0.2) is 0 Å². The summed E-state index contributed by atoms with van der Waals surface area (Å²) >= 11 is 11.0. The van der Waals surface area contributed by atoms with Gasteiger partial charge in [0, 0.05) is 6.61 Å². The van der Waals surface area contributed by atoms with E-state index < -0.39 is 4.52 Å². The summed E-state index contributed by atoms with van der Waals surface area (Å²) in [5, 5.41) is 8.37. The highest BCUT2D eigenvalue weighted by Crippen LogP contribution is 2.20. The van der Waals surface area contributed by atoms with Crippen LogP contribution in [0, 0.1) is 0 Å². The summed E-state index contributed by atoms with van der Waals surface area (Å²) < 4.78 is 3.86. The van der Waals surface area contributed by atoms with Gasteiger partial charge in [-0.05, 0) is 19.8 Å². The van der Waals surface area contributed by atoms with Gasteiger partial charge in [-0.15, -0.1) is 0 Å². The summed E-state index contributed by atoms with van der Waals surface area (Å²) in [6.07, 6.45) is 1.51. The van der Waals surface area contributed by atoms with E-state index in [0.29, 0.717) is 6.61 Å². The number of ether oxygens (including phenoxy) is 1. The van der Waals surface area contributed by atoms with Crippen molar-refractivity contribution in [1.82, 2.24) is 0 Å². The van der Waals surface area contributed by atoms with Gasteiger partial charge in [0.1, 0.15) is 0 Å². The molecule has 2 nitrogen and oxygen atoms in total. The summed E-state index contributed by atoms with van der Waals surface area (Å²) in [4.78, 5) is 0. The lowest BCUT2D eigenvalue weighted by Crippen LogP contribution is -2.13. The molecule has 0 aliphatic carbocycles. The minimum Gasteiger partial charge on any atom is -0.396 e. The topological polar surface area (TPSA) is 29.5 Å². The number of aliphatic hydroxyl groups excluding tert-OH is 1. The van der Waals surface area contributed by atoms with Gasteiger partial charge in [0.15, 0.2) is 0 Å². The molecule has 0 bridgehead atoms. The second kappa shape index (κ2) is 5.19. The number of hydrogen-bond donors (Lipinski definition) is 1. The second-order valence-electron chi connectivity index (χ2n) is 2.09. The van der Waals surface area contributed by atoms with E-state index in [1.54, 1.807) is 6.92 Å². The van der Waals surface area contributed by atoms with Crippen molar-refractivity contribution >= 4 is 23.2 Å². The average Bonchev–Trinajstić information content (AvgIpc) is 1.78. The highest BCUT2D eigenvalue weighted by molar-refractivity contribution is 6.46. The smallest absolute Gasteiger partial charge is 0.214 e. The molecule has 0 unspecified atom stereocenters. The molecule has 0 aliphatic heterocycles. The molecule has 0 aliphatic rings. The van der Waals surface area contributed by atoms with E-state index in [0.717, 1.165) is 12.8 Å². The predicted molar refractivity (Wildman–Crippen MR) is 42.4 cm³/mol. The molecule has 0 saturated carbocycles. The molecule has 0 atom stereocenters. The second-order valence-corrected chi connectivity index (χ2v) is 3.72. The van der Waals surface area contributed by atoms with Crippen molar-refractivity contribution in [1.29, 1.82) is 0 Å². The summed E-state index contributed by atoms with van der Waals surface area (Å²) in [7, 11) is 0. The van der Waals surface area contributed by atoms with Crippen molar-refractivity contribution in [2.24, 2.45) is 0 Å². The standard InChI is InChI=1S/C6H12Cl2O2/c1-6(7,8)10-5-3-2-4-9/h9H,2-5H2,1H3. The molecule has 0 aromatic rings. The van der Waals surface area contributed by atoms with Crippen LogP contribution in [0.5, 0.6) is 0 Å². The lowest BCUT2D eigenvalue weighted by Gasteiger charge is -2.13. The van der Waals surface area contributed by atoms with Crippen molar-refractivity contribution < 1.29 is 9.84 Å². The maximum atomic E-state index is 8.37. The molecule has 0 rings (SSSR count). The van der Waals surface area contributed by atoms with E-state index in [2.05, 4.69) is 0 Å². The fourth-order valence-electron chi connectivity index (χ4n) is 0.465. The van der Waals surface area contributed by atoms with E-state index in [4.69, 9.17) is 33.0 Å². The van der Waals surface area contributed by atoms with E-state index in [1.807, 2.05) is 0 Å². The number of aliphatic hydroxyl groups is 1. The molecule has 0 radical (unpaired) electrons. The molecule has 0 heterocycles. The SMILES string of the molecule is CC(Cl)(Cl)OCCCCO. The van der Waals surface area contributed by atoms with Gasteiger partial charge in [-0.2, -0.15) is 0 Å². The van der Waals surface area contributed by atoms with Gasteiger partial charge in [-0.25, -0.2) is 0 Å². The zero-order chi connectivity index (χ0) is 8.04. The molecule has 1 N–H and O–H groups in total. The van der Waals surface area contributed by atoms with Gasteiger partial charge < -0.3 is 9.84 Å². The van der Waals surface area contributed by atoms with E-state index >= 15 is 0 Å². The Labute approximate surface area is 71.1 Å². The monoisotopic (exact) mass is 186 g/mol. The maximum Gasteiger partial charge on any atom is 0.214 e. The zero-order valence-corrected chi connectivity index (χ0v) is 7.45. The number of alkyl halides is 2. The van der Waals surface area contributed by atoms with Crippen LogP contribution in [0.1, 0.15) is 19.8 Å². The Morgan fingerprint density at radius 1 is 1.40 bits per heavy atom.